The van der Waals surface area contributed by atoms with E-state index in [0.29, 0.717) is 30.2 Å². The zero-order valence-corrected chi connectivity index (χ0v) is 20.1. The summed E-state index contributed by atoms with van der Waals surface area (Å²) in [4.78, 5) is 12.6. The Balaban J connectivity index is 1.50. The Hall–Kier alpha value is -3.49. The summed E-state index contributed by atoms with van der Waals surface area (Å²) in [5.74, 6) is -7.88. The second-order valence-corrected chi connectivity index (χ2v) is 9.18. The number of fused-ring (bicyclic) bond motifs is 1. The largest absolute Gasteiger partial charge is 0.432 e. The molecule has 4 rings (SSSR count). The molecule has 1 aliphatic rings. The van der Waals surface area contributed by atoms with Gasteiger partial charge >= 0.3 is 12.1 Å². The van der Waals surface area contributed by atoms with E-state index < -0.39 is 58.0 Å². The van der Waals surface area contributed by atoms with Crippen molar-refractivity contribution in [1.29, 1.82) is 0 Å². The highest BCUT2D eigenvalue weighted by molar-refractivity contribution is 5.91. The van der Waals surface area contributed by atoms with Gasteiger partial charge in [0.25, 0.3) is 0 Å². The van der Waals surface area contributed by atoms with Crippen molar-refractivity contribution in [2.75, 3.05) is 0 Å². The topological polar surface area (TPSA) is 35.5 Å². The van der Waals surface area contributed by atoms with Gasteiger partial charge < -0.3 is 9.47 Å². The number of hydrogen-bond donors (Lipinski definition) is 0. The third-order valence-corrected chi connectivity index (χ3v) is 6.44. The summed E-state index contributed by atoms with van der Waals surface area (Å²) in [5.41, 5.74) is 0.0683. The molecule has 3 aromatic carbocycles. The molecule has 9 heteroatoms. The van der Waals surface area contributed by atoms with Gasteiger partial charge in [0, 0.05) is 29.8 Å². The van der Waals surface area contributed by atoms with Crippen LogP contribution in [0.15, 0.2) is 42.5 Å². The van der Waals surface area contributed by atoms with Crippen molar-refractivity contribution in [1.82, 2.24) is 0 Å². The van der Waals surface area contributed by atoms with E-state index in [1.54, 1.807) is 12.1 Å². The van der Waals surface area contributed by atoms with Gasteiger partial charge in [0.15, 0.2) is 0 Å². The number of esters is 1. The van der Waals surface area contributed by atoms with Crippen molar-refractivity contribution < 1.29 is 40.6 Å². The molecule has 0 saturated heterocycles. The van der Waals surface area contributed by atoms with E-state index in [1.165, 1.54) is 0 Å². The van der Waals surface area contributed by atoms with Gasteiger partial charge in [-0.05, 0) is 55.4 Å². The first-order chi connectivity index (χ1) is 17.5. The summed E-state index contributed by atoms with van der Waals surface area (Å²) >= 11 is 0. The fourth-order valence-corrected chi connectivity index (χ4v) is 4.47. The van der Waals surface area contributed by atoms with Crippen LogP contribution in [0.5, 0.6) is 11.5 Å². The van der Waals surface area contributed by atoms with Crippen molar-refractivity contribution in [2.24, 2.45) is 5.92 Å². The van der Waals surface area contributed by atoms with E-state index in [0.717, 1.165) is 50.2 Å². The van der Waals surface area contributed by atoms with Crippen LogP contribution in [0.3, 0.4) is 0 Å². The monoisotopic (exact) mass is 522 g/mol. The van der Waals surface area contributed by atoms with Gasteiger partial charge in [-0.2, -0.15) is 8.78 Å². The molecule has 0 saturated carbocycles. The molecular formula is C28H24F6O3. The minimum Gasteiger partial charge on any atom is -0.429 e. The van der Waals surface area contributed by atoms with E-state index in [-0.39, 0.29) is 5.56 Å². The minimum atomic E-state index is -4.63. The van der Waals surface area contributed by atoms with E-state index in [4.69, 9.17) is 4.74 Å². The molecule has 0 fully saturated rings. The molecular weight excluding hydrogens is 498 g/mol. The zero-order valence-electron chi connectivity index (χ0n) is 20.1. The van der Waals surface area contributed by atoms with Crippen LogP contribution in [0.1, 0.15) is 58.8 Å². The van der Waals surface area contributed by atoms with Crippen LogP contribution in [0.4, 0.5) is 26.3 Å². The molecule has 1 aliphatic carbocycles. The number of carbonyl (C=O) groups excluding carboxylic acids is 1. The average molecular weight is 522 g/mol. The first-order valence-corrected chi connectivity index (χ1v) is 11.8. The molecule has 0 amide bonds. The maximum absolute atomic E-state index is 14.6. The average Bonchev–Trinajstić information content (AvgIpc) is 3.22. The molecule has 1 unspecified atom stereocenters. The predicted molar refractivity (Wildman–Crippen MR) is 124 cm³/mol. The lowest BCUT2D eigenvalue weighted by molar-refractivity contribution is -0.189. The van der Waals surface area contributed by atoms with Gasteiger partial charge in [-0.1, -0.05) is 25.8 Å². The smallest absolute Gasteiger partial charge is 0.429 e. The third-order valence-electron chi connectivity index (χ3n) is 6.44. The lowest BCUT2D eigenvalue weighted by Gasteiger charge is -2.20. The minimum absolute atomic E-state index is 0.164. The van der Waals surface area contributed by atoms with E-state index in [9.17, 15) is 31.1 Å². The molecule has 1 atom stereocenters. The van der Waals surface area contributed by atoms with Crippen molar-refractivity contribution in [2.45, 2.75) is 52.1 Å². The molecule has 0 spiro atoms. The quantitative estimate of drug-likeness (QED) is 0.172. The summed E-state index contributed by atoms with van der Waals surface area (Å²) < 4.78 is 94.9. The van der Waals surface area contributed by atoms with Gasteiger partial charge in [-0.25, -0.2) is 22.4 Å². The molecule has 0 aliphatic heterocycles. The second-order valence-electron chi connectivity index (χ2n) is 9.18. The standard InChI is InChI=1S/C28H24F6O3/c1-3-4-5-16-8-17-6-7-18(10-19(17)9-16)27(35)36-20-11-24(31)26(25(32)12-20)28(33,34)37-21-13-22(29)15(2)23(30)14-21/h6-7,10-14,16H,3-5,8-9H2,1-2H3. The van der Waals surface area contributed by atoms with E-state index in [1.807, 2.05) is 6.07 Å². The summed E-state index contributed by atoms with van der Waals surface area (Å²) in [6, 6.07) is 6.81. The molecule has 3 nitrogen and oxygen atoms in total. The molecule has 0 heterocycles. The Morgan fingerprint density at radius 2 is 1.49 bits per heavy atom. The SMILES string of the molecule is CCCCC1Cc2ccc(C(=O)Oc3cc(F)c(C(F)(F)Oc4cc(F)c(C)c(F)c4)c(F)c3)cc2C1. The molecule has 3 aromatic rings. The molecule has 196 valence electrons. The molecule has 37 heavy (non-hydrogen) atoms. The van der Waals surface area contributed by atoms with Gasteiger partial charge in [-0.15, -0.1) is 0 Å². The lowest BCUT2D eigenvalue weighted by Crippen LogP contribution is -2.25. The number of carbonyl (C=O) groups is 1. The lowest BCUT2D eigenvalue weighted by atomic mass is 9.99. The normalized spacial score (nSPS) is 15.0. The van der Waals surface area contributed by atoms with Crippen LogP contribution in [0, 0.1) is 36.1 Å². The van der Waals surface area contributed by atoms with Crippen molar-refractivity contribution >= 4 is 5.97 Å². The number of rotatable bonds is 8. The molecule has 0 N–H and O–H groups in total. The Labute approximate surface area is 210 Å². The van der Waals surface area contributed by atoms with Gasteiger partial charge in [0.05, 0.1) is 5.56 Å². The fraction of sp³-hybridized carbons (Fsp3) is 0.321. The third kappa shape index (κ3) is 5.76. The van der Waals surface area contributed by atoms with E-state index in [2.05, 4.69) is 11.7 Å². The Kier molecular flexibility index (Phi) is 7.52. The number of halogens is 6. The van der Waals surface area contributed by atoms with Crippen molar-refractivity contribution in [3.8, 4) is 11.5 Å². The highest BCUT2D eigenvalue weighted by Crippen LogP contribution is 2.37. The number of alkyl halides is 2. The first-order valence-electron chi connectivity index (χ1n) is 11.8. The highest BCUT2D eigenvalue weighted by Gasteiger charge is 2.41. The summed E-state index contributed by atoms with van der Waals surface area (Å²) in [6.07, 6.45) is 0.400. The van der Waals surface area contributed by atoms with Gasteiger partial charge in [0.1, 0.15) is 40.3 Å². The van der Waals surface area contributed by atoms with Crippen molar-refractivity contribution in [3.63, 3.8) is 0 Å². The van der Waals surface area contributed by atoms with Crippen LogP contribution in [0.2, 0.25) is 0 Å². The Bertz CT molecular complexity index is 1290. The zero-order chi connectivity index (χ0) is 26.9. The number of benzene rings is 3. The molecule has 0 bridgehead atoms. The maximum Gasteiger partial charge on any atom is 0.432 e. The van der Waals surface area contributed by atoms with Crippen LogP contribution < -0.4 is 9.47 Å². The van der Waals surface area contributed by atoms with Gasteiger partial charge in [0.2, 0.25) is 0 Å². The fourth-order valence-electron chi connectivity index (χ4n) is 4.47. The summed E-state index contributed by atoms with van der Waals surface area (Å²) in [5, 5.41) is 0. The van der Waals surface area contributed by atoms with Crippen molar-refractivity contribution in [3.05, 3.63) is 93.6 Å². The van der Waals surface area contributed by atoms with Crippen LogP contribution in [-0.2, 0) is 19.0 Å². The first kappa shape index (κ1) is 26.6. The summed E-state index contributed by atoms with van der Waals surface area (Å²) in [7, 11) is 0. The predicted octanol–water partition coefficient (Wildman–Crippen LogP) is 7.80. The molecule has 0 radical (unpaired) electrons. The molecule has 0 aromatic heterocycles. The number of hydrogen-bond acceptors (Lipinski definition) is 3. The number of unbranched alkanes of at least 4 members (excludes halogenated alkanes) is 1. The second kappa shape index (κ2) is 10.5. The van der Waals surface area contributed by atoms with Crippen LogP contribution in [0.25, 0.3) is 0 Å². The van der Waals surface area contributed by atoms with E-state index >= 15 is 0 Å². The Morgan fingerprint density at radius 1 is 0.892 bits per heavy atom. The van der Waals surface area contributed by atoms with Gasteiger partial charge in [-0.3, -0.25) is 0 Å². The Morgan fingerprint density at radius 3 is 2.11 bits per heavy atom. The van der Waals surface area contributed by atoms with Crippen LogP contribution >= 0.6 is 0 Å². The van der Waals surface area contributed by atoms with Crippen LogP contribution in [-0.4, -0.2) is 5.97 Å². The highest BCUT2D eigenvalue weighted by atomic mass is 19.3. The summed E-state index contributed by atoms with van der Waals surface area (Å²) in [6.45, 7) is 3.20. The maximum atomic E-state index is 14.6. The number of ether oxygens (including phenoxy) is 2.